The summed E-state index contributed by atoms with van der Waals surface area (Å²) >= 11 is 3.31. The molecule has 1 aliphatic carbocycles. The second-order valence-electron chi connectivity index (χ2n) is 5.03. The Morgan fingerprint density at radius 2 is 2.22 bits per heavy atom. The second kappa shape index (κ2) is 4.93. The first-order chi connectivity index (χ1) is 8.74. The van der Waals surface area contributed by atoms with Crippen LogP contribution in [0.1, 0.15) is 38.3 Å². The highest BCUT2D eigenvalue weighted by atomic mass is 32.1. The number of hydrogen-bond donors (Lipinski definition) is 1. The van der Waals surface area contributed by atoms with Gasteiger partial charge in [-0.25, -0.2) is 4.98 Å². The number of nitrogens with one attached hydrogen (secondary N) is 1. The lowest BCUT2D eigenvalue weighted by Crippen LogP contribution is -2.07. The Labute approximate surface area is 114 Å². The third-order valence-electron chi connectivity index (χ3n) is 2.84. The maximum absolute atomic E-state index is 4.48. The van der Waals surface area contributed by atoms with Gasteiger partial charge in [-0.05, 0) is 18.8 Å². The summed E-state index contributed by atoms with van der Waals surface area (Å²) in [6, 6.07) is 0. The van der Waals surface area contributed by atoms with E-state index in [2.05, 4.69) is 34.3 Å². The van der Waals surface area contributed by atoms with E-state index in [9.17, 15) is 0 Å². The van der Waals surface area contributed by atoms with E-state index in [1.165, 1.54) is 23.4 Å². The number of rotatable bonds is 5. The SMILES string of the molecule is CC(C)CNc1nnc(-c2scnc2C2CC2)s1. The largest absolute Gasteiger partial charge is 0.360 e. The van der Waals surface area contributed by atoms with Crippen LogP contribution in [0.2, 0.25) is 0 Å². The summed E-state index contributed by atoms with van der Waals surface area (Å²) in [7, 11) is 0. The fraction of sp³-hybridized carbons (Fsp3) is 0.583. The second-order valence-corrected chi connectivity index (χ2v) is 6.86. The number of hydrogen-bond acceptors (Lipinski definition) is 6. The molecule has 0 amide bonds. The van der Waals surface area contributed by atoms with E-state index in [-0.39, 0.29) is 0 Å². The van der Waals surface area contributed by atoms with Gasteiger partial charge in [-0.1, -0.05) is 25.2 Å². The van der Waals surface area contributed by atoms with Crippen LogP contribution in [0, 0.1) is 5.92 Å². The molecule has 2 aromatic heterocycles. The molecule has 0 atom stereocenters. The van der Waals surface area contributed by atoms with Crippen molar-refractivity contribution in [2.45, 2.75) is 32.6 Å². The predicted octanol–water partition coefficient (Wildman–Crippen LogP) is 3.61. The molecule has 4 nitrogen and oxygen atoms in total. The van der Waals surface area contributed by atoms with Crippen LogP contribution in [0.5, 0.6) is 0 Å². The van der Waals surface area contributed by atoms with Gasteiger partial charge in [0.25, 0.3) is 0 Å². The van der Waals surface area contributed by atoms with Gasteiger partial charge in [-0.15, -0.1) is 21.5 Å². The molecule has 1 N–H and O–H groups in total. The molecule has 0 aliphatic heterocycles. The molecule has 1 saturated carbocycles. The van der Waals surface area contributed by atoms with E-state index in [1.54, 1.807) is 22.7 Å². The molecule has 0 radical (unpaired) electrons. The zero-order valence-corrected chi connectivity index (χ0v) is 12.1. The summed E-state index contributed by atoms with van der Waals surface area (Å²) in [5, 5.41) is 13.7. The first-order valence-electron chi connectivity index (χ1n) is 6.25. The molecule has 6 heteroatoms. The van der Waals surface area contributed by atoms with Gasteiger partial charge in [-0.2, -0.15) is 0 Å². The first-order valence-corrected chi connectivity index (χ1v) is 7.94. The van der Waals surface area contributed by atoms with Crippen LogP contribution in [-0.2, 0) is 0 Å². The van der Waals surface area contributed by atoms with E-state index in [4.69, 9.17) is 0 Å². The molecule has 0 spiro atoms. The van der Waals surface area contributed by atoms with Gasteiger partial charge >= 0.3 is 0 Å². The summed E-state index contributed by atoms with van der Waals surface area (Å²) in [4.78, 5) is 5.69. The lowest BCUT2D eigenvalue weighted by atomic mass is 10.2. The van der Waals surface area contributed by atoms with Crippen LogP contribution in [0.3, 0.4) is 0 Å². The highest BCUT2D eigenvalue weighted by Gasteiger charge is 2.29. The Balaban J connectivity index is 1.77. The Kier molecular flexibility index (Phi) is 3.30. The van der Waals surface area contributed by atoms with Crippen LogP contribution < -0.4 is 5.32 Å². The molecule has 1 aliphatic rings. The minimum Gasteiger partial charge on any atom is -0.360 e. The quantitative estimate of drug-likeness (QED) is 0.909. The van der Waals surface area contributed by atoms with Crippen LogP contribution in [-0.4, -0.2) is 21.7 Å². The Hall–Kier alpha value is -1.01. The number of anilines is 1. The lowest BCUT2D eigenvalue weighted by Gasteiger charge is -2.03. The molecular formula is C12H16N4S2. The molecule has 0 saturated heterocycles. The lowest BCUT2D eigenvalue weighted by molar-refractivity contribution is 0.687. The van der Waals surface area contributed by atoms with E-state index in [1.807, 2.05) is 5.51 Å². The molecule has 0 bridgehead atoms. The Morgan fingerprint density at radius 1 is 1.39 bits per heavy atom. The summed E-state index contributed by atoms with van der Waals surface area (Å²) in [6.07, 6.45) is 2.54. The first kappa shape index (κ1) is 12.0. The summed E-state index contributed by atoms with van der Waals surface area (Å²) in [5.74, 6) is 1.28. The van der Waals surface area contributed by atoms with E-state index in [0.29, 0.717) is 11.8 Å². The summed E-state index contributed by atoms with van der Waals surface area (Å²) in [5.41, 5.74) is 3.15. The van der Waals surface area contributed by atoms with Gasteiger partial charge < -0.3 is 5.32 Å². The molecule has 2 heterocycles. The van der Waals surface area contributed by atoms with Crippen molar-refractivity contribution in [3.8, 4) is 9.88 Å². The van der Waals surface area contributed by atoms with Crippen molar-refractivity contribution in [2.75, 3.05) is 11.9 Å². The predicted molar refractivity (Wildman–Crippen MR) is 76.3 cm³/mol. The minimum atomic E-state index is 0.614. The fourth-order valence-electron chi connectivity index (χ4n) is 1.74. The molecule has 0 aromatic carbocycles. The molecule has 96 valence electrons. The van der Waals surface area contributed by atoms with Crippen molar-refractivity contribution in [3.63, 3.8) is 0 Å². The fourth-order valence-corrected chi connectivity index (χ4v) is 3.46. The summed E-state index contributed by atoms with van der Waals surface area (Å²) < 4.78 is 0. The zero-order chi connectivity index (χ0) is 12.5. The molecule has 3 rings (SSSR count). The van der Waals surface area contributed by atoms with Crippen molar-refractivity contribution in [2.24, 2.45) is 5.92 Å². The number of thiazole rings is 1. The molecule has 0 unspecified atom stereocenters. The maximum Gasteiger partial charge on any atom is 0.206 e. The van der Waals surface area contributed by atoms with E-state index in [0.717, 1.165) is 16.7 Å². The summed E-state index contributed by atoms with van der Waals surface area (Å²) in [6.45, 7) is 5.31. The van der Waals surface area contributed by atoms with Crippen molar-refractivity contribution in [1.29, 1.82) is 0 Å². The molecule has 2 aromatic rings. The zero-order valence-electron chi connectivity index (χ0n) is 10.5. The van der Waals surface area contributed by atoms with Crippen molar-refractivity contribution in [1.82, 2.24) is 15.2 Å². The highest BCUT2D eigenvalue weighted by molar-refractivity contribution is 7.22. The van der Waals surface area contributed by atoms with Gasteiger partial charge in [0.15, 0.2) is 5.01 Å². The van der Waals surface area contributed by atoms with E-state index >= 15 is 0 Å². The maximum atomic E-state index is 4.48. The van der Waals surface area contributed by atoms with Crippen LogP contribution in [0.4, 0.5) is 5.13 Å². The molecular weight excluding hydrogens is 264 g/mol. The molecule has 18 heavy (non-hydrogen) atoms. The number of aromatic nitrogens is 3. The average molecular weight is 280 g/mol. The average Bonchev–Trinajstić information content (AvgIpc) is 2.91. The monoisotopic (exact) mass is 280 g/mol. The van der Waals surface area contributed by atoms with Crippen LogP contribution >= 0.6 is 22.7 Å². The number of nitrogens with zero attached hydrogens (tertiary/aromatic N) is 3. The minimum absolute atomic E-state index is 0.614. The van der Waals surface area contributed by atoms with Gasteiger partial charge in [-0.3, -0.25) is 0 Å². The molecule has 1 fully saturated rings. The highest BCUT2D eigenvalue weighted by Crippen LogP contribution is 2.45. The van der Waals surface area contributed by atoms with Crippen LogP contribution in [0.25, 0.3) is 9.88 Å². The van der Waals surface area contributed by atoms with Crippen molar-refractivity contribution < 1.29 is 0 Å². The standard InChI is InChI=1S/C12H16N4S2/c1-7(2)5-13-12-16-15-11(18-12)10-9(8-3-4-8)14-6-17-10/h6-8H,3-5H2,1-2H3,(H,13,16). The van der Waals surface area contributed by atoms with Crippen molar-refractivity contribution in [3.05, 3.63) is 11.2 Å². The van der Waals surface area contributed by atoms with Gasteiger partial charge in [0, 0.05) is 12.5 Å². The third-order valence-corrected chi connectivity index (χ3v) is 4.72. The topological polar surface area (TPSA) is 50.7 Å². The Morgan fingerprint density at radius 3 is 2.94 bits per heavy atom. The van der Waals surface area contributed by atoms with Crippen LogP contribution in [0.15, 0.2) is 5.51 Å². The van der Waals surface area contributed by atoms with Gasteiger partial charge in [0.1, 0.15) is 0 Å². The normalized spacial score (nSPS) is 15.3. The Bertz CT molecular complexity index is 528. The van der Waals surface area contributed by atoms with Crippen molar-refractivity contribution >= 4 is 27.8 Å². The van der Waals surface area contributed by atoms with Gasteiger partial charge in [0.05, 0.1) is 16.1 Å². The smallest absolute Gasteiger partial charge is 0.206 e. The third kappa shape index (κ3) is 2.54. The van der Waals surface area contributed by atoms with Gasteiger partial charge in [0.2, 0.25) is 5.13 Å². The van der Waals surface area contributed by atoms with E-state index < -0.39 is 0 Å².